The first kappa shape index (κ1) is 11.7. The first-order chi connectivity index (χ1) is 6.20. The van der Waals surface area contributed by atoms with Crippen LogP contribution in [0.5, 0.6) is 0 Å². The van der Waals surface area contributed by atoms with E-state index in [0.717, 1.165) is 6.54 Å². The molecule has 0 saturated heterocycles. The Kier molecular flexibility index (Phi) is 6.58. The number of nitrogens with zero attached hydrogens (tertiary/aromatic N) is 1. The van der Waals surface area contributed by atoms with Crippen LogP contribution in [0.25, 0.3) is 0 Å². The molecular weight excluding hydrogens is 160 g/mol. The van der Waals surface area contributed by atoms with Crippen molar-refractivity contribution in [2.45, 2.75) is 13.8 Å². The smallest absolute Gasteiger partial charge is 0.0991 e. The van der Waals surface area contributed by atoms with Gasteiger partial charge in [-0.05, 0) is 24.6 Å². The van der Waals surface area contributed by atoms with Gasteiger partial charge in [-0.25, -0.2) is 0 Å². The van der Waals surface area contributed by atoms with Gasteiger partial charge in [0, 0.05) is 0 Å². The predicted molar refractivity (Wildman–Crippen MR) is 55.0 cm³/mol. The van der Waals surface area contributed by atoms with Crippen LogP contribution in [-0.2, 0) is 0 Å². The second-order valence-corrected chi connectivity index (χ2v) is 3.11. The molecule has 0 spiro atoms. The summed E-state index contributed by atoms with van der Waals surface area (Å²) in [5.41, 5.74) is 5.89. The van der Waals surface area contributed by atoms with Crippen molar-refractivity contribution in [2.24, 2.45) is 11.7 Å². The SMILES string of the molecule is CC(C)CN.N#Cc1ccccc1. The number of benzene rings is 1. The van der Waals surface area contributed by atoms with Crippen molar-refractivity contribution in [3.8, 4) is 6.07 Å². The van der Waals surface area contributed by atoms with Crippen molar-refractivity contribution >= 4 is 0 Å². The normalized spacial score (nSPS) is 8.54. The highest BCUT2D eigenvalue weighted by atomic mass is 14.5. The Hall–Kier alpha value is -1.33. The maximum absolute atomic E-state index is 8.29. The van der Waals surface area contributed by atoms with E-state index in [9.17, 15) is 0 Å². The molecule has 70 valence electrons. The highest BCUT2D eigenvalue weighted by Crippen LogP contribution is 1.93. The molecule has 0 aliphatic carbocycles. The van der Waals surface area contributed by atoms with Gasteiger partial charge in [0.2, 0.25) is 0 Å². The maximum Gasteiger partial charge on any atom is 0.0991 e. The fraction of sp³-hybridized carbons (Fsp3) is 0.364. The summed E-state index contributed by atoms with van der Waals surface area (Å²) in [7, 11) is 0. The monoisotopic (exact) mass is 176 g/mol. The lowest BCUT2D eigenvalue weighted by Crippen LogP contribution is -2.05. The van der Waals surface area contributed by atoms with Crippen LogP contribution in [0.15, 0.2) is 30.3 Å². The Bertz CT molecular complexity index is 247. The molecule has 1 rings (SSSR count). The van der Waals surface area contributed by atoms with Crippen molar-refractivity contribution in [3.05, 3.63) is 35.9 Å². The summed E-state index contributed by atoms with van der Waals surface area (Å²) in [4.78, 5) is 0. The van der Waals surface area contributed by atoms with Gasteiger partial charge in [-0.2, -0.15) is 5.26 Å². The van der Waals surface area contributed by atoms with Gasteiger partial charge in [0.15, 0.2) is 0 Å². The average molecular weight is 176 g/mol. The average Bonchev–Trinajstić information content (AvgIpc) is 2.20. The van der Waals surface area contributed by atoms with Crippen molar-refractivity contribution in [3.63, 3.8) is 0 Å². The molecule has 0 aromatic heterocycles. The Labute approximate surface area is 80.0 Å². The van der Waals surface area contributed by atoms with Gasteiger partial charge in [0.05, 0.1) is 11.6 Å². The minimum Gasteiger partial charge on any atom is -0.330 e. The van der Waals surface area contributed by atoms with E-state index in [1.54, 1.807) is 12.1 Å². The minimum atomic E-state index is 0.662. The number of rotatable bonds is 1. The van der Waals surface area contributed by atoms with Gasteiger partial charge in [-0.15, -0.1) is 0 Å². The van der Waals surface area contributed by atoms with E-state index in [1.807, 2.05) is 24.3 Å². The summed E-state index contributed by atoms with van der Waals surface area (Å²) in [6.07, 6.45) is 0. The molecule has 0 aliphatic heterocycles. The molecule has 2 heteroatoms. The standard InChI is InChI=1S/C7H5N.C4H11N/c8-6-7-4-2-1-3-5-7;1-4(2)3-5/h1-5H;4H,3,5H2,1-2H3. The van der Waals surface area contributed by atoms with E-state index in [-0.39, 0.29) is 0 Å². The van der Waals surface area contributed by atoms with Crippen LogP contribution in [-0.4, -0.2) is 6.54 Å². The lowest BCUT2D eigenvalue weighted by atomic mass is 10.2. The van der Waals surface area contributed by atoms with Gasteiger partial charge in [0.1, 0.15) is 0 Å². The van der Waals surface area contributed by atoms with Gasteiger partial charge in [-0.1, -0.05) is 32.0 Å². The van der Waals surface area contributed by atoms with E-state index >= 15 is 0 Å². The first-order valence-electron chi connectivity index (χ1n) is 4.36. The molecule has 1 aromatic carbocycles. The fourth-order valence-electron chi connectivity index (χ4n) is 0.513. The van der Waals surface area contributed by atoms with Crippen molar-refractivity contribution in [1.82, 2.24) is 0 Å². The van der Waals surface area contributed by atoms with Crippen LogP contribution in [0.2, 0.25) is 0 Å². The van der Waals surface area contributed by atoms with Crippen LogP contribution in [0.3, 0.4) is 0 Å². The zero-order valence-corrected chi connectivity index (χ0v) is 8.20. The third kappa shape index (κ3) is 7.04. The lowest BCUT2D eigenvalue weighted by molar-refractivity contribution is 0.664. The summed E-state index contributed by atoms with van der Waals surface area (Å²) >= 11 is 0. The summed E-state index contributed by atoms with van der Waals surface area (Å²) in [5, 5.41) is 8.29. The fourth-order valence-corrected chi connectivity index (χ4v) is 0.513. The summed E-state index contributed by atoms with van der Waals surface area (Å²) < 4.78 is 0. The quantitative estimate of drug-likeness (QED) is 0.712. The number of nitrogens with two attached hydrogens (primary N) is 1. The Morgan fingerprint density at radius 2 is 1.77 bits per heavy atom. The topological polar surface area (TPSA) is 49.8 Å². The van der Waals surface area contributed by atoms with Gasteiger partial charge < -0.3 is 5.73 Å². The molecular formula is C11H16N2. The van der Waals surface area contributed by atoms with Crippen molar-refractivity contribution in [2.75, 3.05) is 6.54 Å². The molecule has 0 fully saturated rings. The molecule has 0 amide bonds. The second-order valence-electron chi connectivity index (χ2n) is 3.11. The molecule has 0 saturated carbocycles. The third-order valence-electron chi connectivity index (χ3n) is 1.37. The molecule has 1 aromatic rings. The van der Waals surface area contributed by atoms with E-state index in [1.165, 1.54) is 0 Å². The van der Waals surface area contributed by atoms with Crippen molar-refractivity contribution < 1.29 is 0 Å². The van der Waals surface area contributed by atoms with Gasteiger partial charge in [0.25, 0.3) is 0 Å². The van der Waals surface area contributed by atoms with Crippen molar-refractivity contribution in [1.29, 1.82) is 5.26 Å². The van der Waals surface area contributed by atoms with Gasteiger partial charge >= 0.3 is 0 Å². The zero-order chi connectivity index (χ0) is 10.1. The summed E-state index contributed by atoms with van der Waals surface area (Å²) in [6.45, 7) is 5.00. The Balaban J connectivity index is 0.000000252. The largest absolute Gasteiger partial charge is 0.330 e. The Morgan fingerprint density at radius 1 is 1.31 bits per heavy atom. The molecule has 13 heavy (non-hydrogen) atoms. The van der Waals surface area contributed by atoms with Crippen LogP contribution in [0.4, 0.5) is 0 Å². The lowest BCUT2D eigenvalue weighted by Gasteiger charge is -1.91. The van der Waals surface area contributed by atoms with Crippen LogP contribution in [0, 0.1) is 17.2 Å². The van der Waals surface area contributed by atoms with Crippen LogP contribution < -0.4 is 5.73 Å². The summed E-state index contributed by atoms with van der Waals surface area (Å²) in [5.74, 6) is 0.662. The number of hydrogen-bond acceptors (Lipinski definition) is 2. The van der Waals surface area contributed by atoms with E-state index in [4.69, 9.17) is 11.0 Å². The molecule has 2 N–H and O–H groups in total. The molecule has 0 aliphatic rings. The highest BCUT2D eigenvalue weighted by Gasteiger charge is 1.80. The predicted octanol–water partition coefficient (Wildman–Crippen LogP) is 2.16. The molecule has 0 atom stereocenters. The minimum absolute atomic E-state index is 0.662. The molecule has 0 radical (unpaired) electrons. The first-order valence-corrected chi connectivity index (χ1v) is 4.36. The number of nitriles is 1. The number of hydrogen-bond donors (Lipinski definition) is 1. The van der Waals surface area contributed by atoms with E-state index in [2.05, 4.69) is 13.8 Å². The molecule has 2 nitrogen and oxygen atoms in total. The van der Waals surface area contributed by atoms with E-state index in [0.29, 0.717) is 11.5 Å². The van der Waals surface area contributed by atoms with Gasteiger partial charge in [-0.3, -0.25) is 0 Å². The van der Waals surface area contributed by atoms with Crippen LogP contribution in [0.1, 0.15) is 19.4 Å². The highest BCUT2D eigenvalue weighted by molar-refractivity contribution is 5.27. The van der Waals surface area contributed by atoms with E-state index < -0.39 is 0 Å². The Morgan fingerprint density at radius 3 is 2.00 bits per heavy atom. The maximum atomic E-state index is 8.29. The second kappa shape index (κ2) is 7.33. The zero-order valence-electron chi connectivity index (χ0n) is 8.20. The third-order valence-corrected chi connectivity index (χ3v) is 1.37. The van der Waals surface area contributed by atoms with Crippen LogP contribution >= 0.6 is 0 Å². The molecule has 0 heterocycles. The molecule has 0 bridgehead atoms. The molecule has 0 unspecified atom stereocenters. The summed E-state index contributed by atoms with van der Waals surface area (Å²) in [6, 6.07) is 11.2.